The van der Waals surface area contributed by atoms with Crippen molar-refractivity contribution in [3.63, 3.8) is 0 Å². The zero-order chi connectivity index (χ0) is 16.8. The molecule has 0 radical (unpaired) electrons. The van der Waals surface area contributed by atoms with Crippen molar-refractivity contribution in [1.29, 1.82) is 0 Å². The van der Waals surface area contributed by atoms with Crippen LogP contribution >= 0.6 is 0 Å². The Labute approximate surface area is 135 Å². The van der Waals surface area contributed by atoms with Crippen LogP contribution in [0.1, 0.15) is 25.0 Å². The normalized spacial score (nSPS) is 15.9. The molecular formula is C17H21NO5. The van der Waals surface area contributed by atoms with E-state index in [4.69, 9.17) is 14.2 Å². The van der Waals surface area contributed by atoms with Crippen LogP contribution in [0.2, 0.25) is 0 Å². The van der Waals surface area contributed by atoms with E-state index in [1.54, 1.807) is 6.08 Å². The first-order valence-corrected chi connectivity index (χ1v) is 7.55. The van der Waals surface area contributed by atoms with Crippen LogP contribution in [0.5, 0.6) is 11.5 Å². The largest absolute Gasteiger partial charge is 0.493 e. The molecule has 1 atom stereocenters. The van der Waals surface area contributed by atoms with E-state index in [0.717, 1.165) is 23.3 Å². The summed E-state index contributed by atoms with van der Waals surface area (Å²) in [6, 6.07) is 3.80. The lowest BCUT2D eigenvalue weighted by Crippen LogP contribution is -2.24. The topological polar surface area (TPSA) is 73.9 Å². The molecule has 1 heterocycles. The first-order valence-electron chi connectivity index (χ1n) is 7.55. The SMILES string of the molecule is CCOc1cc2c(cc1/C=C/C(=O)OCC(=O)NC)O[C@@H](C)C2. The smallest absolute Gasteiger partial charge is 0.331 e. The second-order valence-electron chi connectivity index (χ2n) is 5.18. The molecule has 0 aliphatic carbocycles. The molecule has 1 aliphatic heterocycles. The summed E-state index contributed by atoms with van der Waals surface area (Å²) in [5, 5.41) is 2.38. The average molecular weight is 319 g/mol. The Morgan fingerprint density at radius 3 is 2.91 bits per heavy atom. The van der Waals surface area contributed by atoms with E-state index in [0.29, 0.717) is 12.4 Å². The van der Waals surface area contributed by atoms with Gasteiger partial charge < -0.3 is 19.5 Å². The lowest BCUT2D eigenvalue weighted by Gasteiger charge is -2.10. The van der Waals surface area contributed by atoms with Gasteiger partial charge in [-0.2, -0.15) is 0 Å². The second-order valence-corrected chi connectivity index (χ2v) is 5.18. The maximum absolute atomic E-state index is 11.6. The van der Waals surface area contributed by atoms with Crippen molar-refractivity contribution >= 4 is 18.0 Å². The van der Waals surface area contributed by atoms with Crippen LogP contribution < -0.4 is 14.8 Å². The van der Waals surface area contributed by atoms with Gasteiger partial charge in [0.05, 0.1) is 6.61 Å². The van der Waals surface area contributed by atoms with Gasteiger partial charge in [0.15, 0.2) is 6.61 Å². The second kappa shape index (κ2) is 7.67. The van der Waals surface area contributed by atoms with Gasteiger partial charge in [0, 0.05) is 30.7 Å². The molecule has 0 saturated heterocycles. The fourth-order valence-electron chi connectivity index (χ4n) is 2.28. The summed E-state index contributed by atoms with van der Waals surface area (Å²) in [7, 11) is 1.48. The highest BCUT2D eigenvalue weighted by atomic mass is 16.5. The van der Waals surface area contributed by atoms with Crippen LogP contribution in [0.4, 0.5) is 0 Å². The molecule has 0 unspecified atom stereocenters. The number of hydrogen-bond acceptors (Lipinski definition) is 5. The third-order valence-corrected chi connectivity index (χ3v) is 3.35. The van der Waals surface area contributed by atoms with Crippen molar-refractivity contribution in [2.24, 2.45) is 0 Å². The Hall–Kier alpha value is -2.50. The molecule has 0 fully saturated rings. The van der Waals surface area contributed by atoms with Crippen molar-refractivity contribution in [1.82, 2.24) is 5.32 Å². The number of esters is 1. The van der Waals surface area contributed by atoms with Crippen LogP contribution in [0, 0.1) is 0 Å². The first kappa shape index (κ1) is 16.9. The predicted molar refractivity (Wildman–Crippen MR) is 85.5 cm³/mol. The van der Waals surface area contributed by atoms with Crippen molar-refractivity contribution in [2.75, 3.05) is 20.3 Å². The Morgan fingerprint density at radius 1 is 1.43 bits per heavy atom. The van der Waals surface area contributed by atoms with Gasteiger partial charge in [-0.15, -0.1) is 0 Å². The molecule has 1 aromatic rings. The molecule has 2 rings (SSSR count). The van der Waals surface area contributed by atoms with E-state index >= 15 is 0 Å². The van der Waals surface area contributed by atoms with Crippen LogP contribution in [-0.4, -0.2) is 38.2 Å². The molecular weight excluding hydrogens is 298 g/mol. The number of rotatable bonds is 6. The van der Waals surface area contributed by atoms with E-state index in [2.05, 4.69) is 5.32 Å². The van der Waals surface area contributed by atoms with Crippen molar-refractivity contribution in [3.8, 4) is 11.5 Å². The molecule has 1 aromatic carbocycles. The number of nitrogens with one attached hydrogen (secondary N) is 1. The molecule has 1 N–H and O–H groups in total. The van der Waals surface area contributed by atoms with E-state index in [1.165, 1.54) is 13.1 Å². The van der Waals surface area contributed by atoms with Crippen LogP contribution in [-0.2, 0) is 20.7 Å². The number of fused-ring (bicyclic) bond motifs is 1. The highest BCUT2D eigenvalue weighted by Gasteiger charge is 2.21. The lowest BCUT2D eigenvalue weighted by atomic mass is 10.1. The predicted octanol–water partition coefficient (Wildman–Crippen LogP) is 1.71. The molecule has 1 aliphatic rings. The number of likely N-dealkylation sites (N-methyl/N-ethyl adjacent to an activating group) is 1. The summed E-state index contributed by atoms with van der Waals surface area (Å²) in [5.74, 6) is 0.547. The number of carbonyl (C=O) groups is 2. The summed E-state index contributed by atoms with van der Waals surface area (Å²) >= 11 is 0. The van der Waals surface area contributed by atoms with Crippen molar-refractivity contribution in [3.05, 3.63) is 29.3 Å². The molecule has 23 heavy (non-hydrogen) atoms. The zero-order valence-electron chi connectivity index (χ0n) is 13.5. The molecule has 124 valence electrons. The van der Waals surface area contributed by atoms with Crippen molar-refractivity contribution in [2.45, 2.75) is 26.4 Å². The third kappa shape index (κ3) is 4.48. The van der Waals surface area contributed by atoms with Gasteiger partial charge >= 0.3 is 5.97 Å². The van der Waals surface area contributed by atoms with Gasteiger partial charge in [-0.3, -0.25) is 4.79 Å². The maximum atomic E-state index is 11.6. The standard InChI is InChI=1S/C17H21NO5/c1-4-21-14-9-13-7-11(2)23-15(13)8-12(14)5-6-17(20)22-10-16(19)18-3/h5-6,8-9,11H,4,7,10H2,1-3H3,(H,18,19)/b6-5+/t11-/m0/s1. The minimum atomic E-state index is -0.592. The van der Waals surface area contributed by atoms with Gasteiger partial charge in [-0.1, -0.05) is 0 Å². The van der Waals surface area contributed by atoms with E-state index in [1.807, 2.05) is 26.0 Å². The minimum Gasteiger partial charge on any atom is -0.493 e. The molecule has 0 aromatic heterocycles. The van der Waals surface area contributed by atoms with E-state index in [9.17, 15) is 9.59 Å². The fraction of sp³-hybridized carbons (Fsp3) is 0.412. The molecule has 6 nitrogen and oxygen atoms in total. The minimum absolute atomic E-state index is 0.135. The van der Waals surface area contributed by atoms with Crippen molar-refractivity contribution < 1.29 is 23.8 Å². The summed E-state index contributed by atoms with van der Waals surface area (Å²) in [6.07, 6.45) is 3.85. The Bertz CT molecular complexity index is 624. The van der Waals surface area contributed by atoms with Crippen LogP contribution in [0.25, 0.3) is 6.08 Å². The highest BCUT2D eigenvalue weighted by Crippen LogP contribution is 2.35. The van der Waals surface area contributed by atoms with E-state index in [-0.39, 0.29) is 18.6 Å². The number of carbonyl (C=O) groups excluding carboxylic acids is 2. The number of amides is 1. The summed E-state index contributed by atoms with van der Waals surface area (Å²) in [6.45, 7) is 4.13. The quantitative estimate of drug-likeness (QED) is 0.638. The Balaban J connectivity index is 2.12. The molecule has 6 heteroatoms. The number of hydrogen-bond donors (Lipinski definition) is 1. The summed E-state index contributed by atoms with van der Waals surface area (Å²) < 4.78 is 16.2. The zero-order valence-corrected chi connectivity index (χ0v) is 13.5. The molecule has 0 spiro atoms. The number of benzene rings is 1. The summed E-state index contributed by atoms with van der Waals surface area (Å²) in [5.41, 5.74) is 1.83. The van der Waals surface area contributed by atoms with Gasteiger partial charge in [-0.05, 0) is 32.1 Å². The van der Waals surface area contributed by atoms with Gasteiger partial charge in [0.1, 0.15) is 17.6 Å². The highest BCUT2D eigenvalue weighted by molar-refractivity contribution is 5.89. The summed E-state index contributed by atoms with van der Waals surface area (Å²) in [4.78, 5) is 22.7. The Kier molecular flexibility index (Phi) is 5.62. The van der Waals surface area contributed by atoms with Crippen LogP contribution in [0.15, 0.2) is 18.2 Å². The monoisotopic (exact) mass is 319 g/mol. The number of ether oxygens (including phenoxy) is 3. The fourth-order valence-corrected chi connectivity index (χ4v) is 2.28. The first-order chi connectivity index (χ1) is 11.0. The van der Waals surface area contributed by atoms with Crippen LogP contribution in [0.3, 0.4) is 0 Å². The van der Waals surface area contributed by atoms with Gasteiger partial charge in [0.2, 0.25) is 0 Å². The van der Waals surface area contributed by atoms with E-state index < -0.39 is 5.97 Å². The maximum Gasteiger partial charge on any atom is 0.331 e. The molecule has 1 amide bonds. The lowest BCUT2D eigenvalue weighted by molar-refractivity contribution is -0.143. The Morgan fingerprint density at radius 2 is 2.22 bits per heavy atom. The van der Waals surface area contributed by atoms with Gasteiger partial charge in [0.25, 0.3) is 5.91 Å². The van der Waals surface area contributed by atoms with Gasteiger partial charge in [-0.25, -0.2) is 4.79 Å². The molecule has 0 saturated carbocycles. The third-order valence-electron chi connectivity index (χ3n) is 3.35. The average Bonchev–Trinajstić information content (AvgIpc) is 2.89. The molecule has 0 bridgehead atoms.